The Hall–Kier alpha value is -10.7. The molecular formula is C96H108N8O4+4. The Kier molecular flexibility index (Phi) is 14.6. The molecule has 552 valence electrons. The largest absolute Gasteiger partial charge is 0.437 e. The number of pyridine rings is 8. The molecule has 0 fully saturated rings. The lowest BCUT2D eigenvalue weighted by atomic mass is 9.90. The number of benzene rings is 4. The predicted molar refractivity (Wildman–Crippen MR) is 443 cm³/mol. The van der Waals surface area contributed by atoms with Crippen molar-refractivity contribution in [3.63, 3.8) is 0 Å². The lowest BCUT2D eigenvalue weighted by molar-refractivity contribution is -0.660. The molecule has 0 aliphatic rings. The molecule has 0 aliphatic heterocycles. The van der Waals surface area contributed by atoms with E-state index in [1.54, 1.807) is 44.3 Å². The number of furan rings is 4. The number of aryl methyl sites for hydroxylation is 12. The lowest BCUT2D eigenvalue weighted by Crippen LogP contribution is -2.31. The summed E-state index contributed by atoms with van der Waals surface area (Å²) in [5.41, 5.74) is 19.4. The molecule has 1 unspecified atom stereocenters. The molecule has 12 nitrogen and oxygen atoms in total. The first-order chi connectivity index (χ1) is 60.4. The molecule has 0 N–H and O–H groups in total. The Morgan fingerprint density at radius 2 is 0.704 bits per heavy atom. The van der Waals surface area contributed by atoms with E-state index in [4.69, 9.17) is 54.2 Å². The second-order valence-electron chi connectivity index (χ2n) is 29.9. The number of rotatable bonds is 12. The summed E-state index contributed by atoms with van der Waals surface area (Å²) in [7, 11) is 7.58. The van der Waals surface area contributed by atoms with Crippen LogP contribution in [-0.2, 0) is 72.1 Å². The molecule has 12 heterocycles. The topological polar surface area (TPSA) is 120 Å². The summed E-state index contributed by atoms with van der Waals surface area (Å²) in [5.74, 6) is -2.47. The molecule has 4 aromatic carbocycles. The average molecular weight is 1460 g/mol. The van der Waals surface area contributed by atoms with E-state index in [1.807, 2.05) is 177 Å². The summed E-state index contributed by atoms with van der Waals surface area (Å²) in [6, 6.07) is 46.3. The SMILES string of the molecule is [2H]C([2H])([2H])Cc1ccc(-c2c(C)ccc3c2oc2nc(C(C)(C)C)ccc23)[n+](C)c1.[2H]C([2H])([2H])Cc1ccc(-c2c(C)ccc3c2oc2nc(C([2H])(C)C)ccc23)[n+](C)c1.[2H]C([2H])([2H])Cc1ccc(-c2c(C)ccc3c2oc2nc(CC(C)(C([2H])([2H])[2H])C([2H])([2H])[2H])ccc23)[n+](C)c1.[2H]C([2H])([2H])Cc1ccc(-c2c(C)ccc3c2oc2nc(CC([2H])(C)C([2H])([2H])[2H])ccc23)[n+](C)c1. The van der Waals surface area contributed by atoms with Crippen LogP contribution in [0.2, 0.25) is 0 Å². The van der Waals surface area contributed by atoms with Gasteiger partial charge in [-0.2, -0.15) is 0 Å². The number of aromatic nitrogens is 8. The molecule has 0 bridgehead atoms. The lowest BCUT2D eigenvalue weighted by Gasteiger charge is -2.16. The normalized spacial score (nSPS) is 16.6. The van der Waals surface area contributed by atoms with E-state index in [-0.39, 0.29) is 43.9 Å². The third-order valence-electron chi connectivity index (χ3n) is 19.9. The summed E-state index contributed by atoms with van der Waals surface area (Å²) < 4.78 is 209. The fraction of sp³-hybridized carbons (Fsp3) is 0.333. The molecular weight excluding hydrogens is 1330 g/mol. The van der Waals surface area contributed by atoms with Gasteiger partial charge in [0.1, 0.15) is 28.2 Å². The van der Waals surface area contributed by atoms with Crippen LogP contribution in [0.1, 0.15) is 201 Å². The van der Waals surface area contributed by atoms with Crippen molar-refractivity contribution in [1.82, 2.24) is 19.9 Å². The minimum atomic E-state index is -2.71. The van der Waals surface area contributed by atoms with Gasteiger partial charge in [-0.25, -0.2) is 38.2 Å². The minimum absolute atomic E-state index is 0.00714. The fourth-order valence-electron chi connectivity index (χ4n) is 14.3. The van der Waals surface area contributed by atoms with Crippen LogP contribution in [0.25, 0.3) is 133 Å². The zero-order chi connectivity index (χ0) is 96.3. The summed E-state index contributed by atoms with van der Waals surface area (Å²) in [6.45, 7) is 4.74. The Morgan fingerprint density at radius 3 is 1.04 bits per heavy atom. The van der Waals surface area contributed by atoms with Crippen LogP contribution in [-0.4, -0.2) is 19.9 Å². The van der Waals surface area contributed by atoms with Crippen molar-refractivity contribution in [2.45, 2.75) is 174 Å². The van der Waals surface area contributed by atoms with E-state index in [0.717, 1.165) is 144 Å². The average Bonchev–Trinajstić information content (AvgIpc) is 1.57. The second kappa shape index (κ2) is 30.5. The van der Waals surface area contributed by atoms with E-state index in [1.165, 1.54) is 13.8 Å². The van der Waals surface area contributed by atoms with Gasteiger partial charge in [-0.05, 0) is 178 Å². The molecule has 0 saturated carbocycles. The molecule has 108 heavy (non-hydrogen) atoms. The van der Waals surface area contributed by atoms with E-state index >= 15 is 0 Å². The highest BCUT2D eigenvalue weighted by Gasteiger charge is 2.28. The van der Waals surface area contributed by atoms with E-state index in [2.05, 4.69) is 73.0 Å². The van der Waals surface area contributed by atoms with Gasteiger partial charge in [0.15, 0.2) is 47.1 Å². The van der Waals surface area contributed by atoms with Crippen LogP contribution < -0.4 is 18.3 Å². The highest BCUT2D eigenvalue weighted by atomic mass is 16.4. The van der Waals surface area contributed by atoms with Gasteiger partial charge in [-0.1, -0.05) is 145 Å². The van der Waals surface area contributed by atoms with E-state index in [0.29, 0.717) is 56.7 Å². The molecule has 0 radical (unpaired) electrons. The third-order valence-corrected chi connectivity index (χ3v) is 19.9. The van der Waals surface area contributed by atoms with Crippen LogP contribution in [0, 0.1) is 39.0 Å². The van der Waals surface area contributed by atoms with Crippen molar-refractivity contribution in [2.24, 2.45) is 39.5 Å². The molecule has 0 amide bonds. The standard InChI is InChI=1S/C25H29N2O.2C24H27N2O.C23H25N2O/c1-7-17-9-13-21(27(6)15-17)22-16(2)8-11-19-20-12-10-18(14-25(3,4)5)26-24(20)28-23(19)22;1-7-16-9-12-19(26(6)14-16)21-15(2)8-10-17-18-11-13-20(24(3,4)5)25-23(18)27-22(17)21;1-6-17-8-12-21(26(5)14-17)22-16(4)7-10-19-20-11-9-18(13-15(2)3)25-24(20)27-23(19)22;1-6-16-8-12-20(25(5)13-16)21-15(4)7-9-17-18-10-11-19(14(2)3)24-23(18)26-22(17)21/h8-13,15H,7,14H2,1-6H3;8-14H,7H2,1-6H3;7-12,14-15H,6,13H2,1-5H3;7-14H,6H2,1-5H3/q4*+1/i1D3,3D3,4D3;1D3;1D3,2D3,15D;1D3,14D. The van der Waals surface area contributed by atoms with E-state index < -0.39 is 65.2 Å². The van der Waals surface area contributed by atoms with Gasteiger partial charge < -0.3 is 17.7 Å². The Labute approximate surface area is 669 Å². The maximum absolute atomic E-state index is 8.26. The molecule has 0 spiro atoms. The number of fused-ring (bicyclic) bond motifs is 12. The Balaban J connectivity index is 0.000000149. The highest BCUT2D eigenvalue weighted by molar-refractivity contribution is 6.12. The summed E-state index contributed by atoms with van der Waals surface area (Å²) in [5, 5.41) is 7.15. The van der Waals surface area contributed by atoms with Gasteiger partial charge >= 0.3 is 0 Å². The van der Waals surface area contributed by atoms with Crippen LogP contribution in [0.4, 0.5) is 0 Å². The molecule has 0 saturated heterocycles. The molecule has 16 rings (SSSR count). The first kappa shape index (κ1) is 51.5. The molecule has 12 heteroatoms. The second-order valence-corrected chi connectivity index (χ2v) is 29.9. The van der Waals surface area contributed by atoms with Crippen LogP contribution in [0.15, 0.2) is 188 Å². The van der Waals surface area contributed by atoms with Crippen molar-refractivity contribution in [1.29, 1.82) is 0 Å². The Morgan fingerprint density at radius 1 is 0.380 bits per heavy atom. The fourth-order valence-corrected chi connectivity index (χ4v) is 14.3. The highest BCUT2D eigenvalue weighted by Crippen LogP contribution is 2.42. The zero-order valence-corrected chi connectivity index (χ0v) is 64.1. The molecule has 1 atom stereocenters. The van der Waals surface area contributed by atoms with Gasteiger partial charge in [0.2, 0.25) is 45.6 Å². The third kappa shape index (κ3) is 15.2. The molecule has 16 aromatic rings. The maximum atomic E-state index is 8.26. The van der Waals surface area contributed by atoms with Crippen molar-refractivity contribution in [3.05, 3.63) is 238 Å². The molecule has 0 aliphatic carbocycles. The zero-order valence-electron chi connectivity index (χ0n) is 87.1. The first-order valence-electron chi connectivity index (χ1n) is 47.7. The van der Waals surface area contributed by atoms with Crippen molar-refractivity contribution >= 4 is 88.3 Å². The van der Waals surface area contributed by atoms with Gasteiger partial charge in [-0.15, -0.1) is 0 Å². The van der Waals surface area contributed by atoms with Crippen molar-refractivity contribution in [3.8, 4) is 45.0 Å². The maximum Gasteiger partial charge on any atom is 0.227 e. The first-order valence-corrected chi connectivity index (χ1v) is 36.2. The Bertz CT molecular complexity index is 6860. The minimum Gasteiger partial charge on any atom is -0.437 e. The van der Waals surface area contributed by atoms with Gasteiger partial charge in [0, 0.05) is 149 Å². The van der Waals surface area contributed by atoms with Gasteiger partial charge in [-0.3, -0.25) is 0 Å². The van der Waals surface area contributed by atoms with Crippen LogP contribution >= 0.6 is 0 Å². The van der Waals surface area contributed by atoms with Crippen molar-refractivity contribution in [2.75, 3.05) is 0 Å². The van der Waals surface area contributed by atoms with Gasteiger partial charge in [0.25, 0.3) is 0 Å². The number of nitrogens with zero attached hydrogens (tertiary/aromatic N) is 8. The van der Waals surface area contributed by atoms with Crippen LogP contribution in [0.5, 0.6) is 0 Å². The van der Waals surface area contributed by atoms with Crippen molar-refractivity contribution < 1.29 is 67.5 Å². The monoisotopic (exact) mass is 1460 g/mol. The number of hydrogen-bond acceptors (Lipinski definition) is 8. The predicted octanol–water partition coefficient (Wildman–Crippen LogP) is 22.6. The molecule has 12 aromatic heterocycles. The smallest absolute Gasteiger partial charge is 0.227 e. The summed E-state index contributed by atoms with van der Waals surface area (Å²) >= 11 is 0. The quantitative estimate of drug-likeness (QED) is 0.111. The summed E-state index contributed by atoms with van der Waals surface area (Å²) in [6.07, 6.45) is 7.12. The van der Waals surface area contributed by atoms with Crippen LogP contribution in [0.3, 0.4) is 0 Å². The van der Waals surface area contributed by atoms with Gasteiger partial charge in [0.05, 0.1) is 22.3 Å². The summed E-state index contributed by atoms with van der Waals surface area (Å²) in [4.78, 5) is 18.5. The van der Waals surface area contributed by atoms with E-state index in [9.17, 15) is 0 Å². The number of hydrogen-bond donors (Lipinski definition) is 0.